The third-order valence-electron chi connectivity index (χ3n) is 6.05. The fourth-order valence-electron chi connectivity index (χ4n) is 4.34. The van der Waals surface area contributed by atoms with Gasteiger partial charge in [-0.3, -0.25) is 9.59 Å². The van der Waals surface area contributed by atoms with E-state index in [2.05, 4.69) is 5.32 Å². The quantitative estimate of drug-likeness (QED) is 0.310. The lowest BCUT2D eigenvalue weighted by Crippen LogP contribution is -2.04. The minimum absolute atomic E-state index is 0.0870. The molecule has 0 radical (unpaired) electrons. The van der Waals surface area contributed by atoms with Gasteiger partial charge in [-0.1, -0.05) is 54.1 Å². The number of carbonyl (C=O) groups is 2. The van der Waals surface area contributed by atoms with Crippen molar-refractivity contribution in [3.63, 3.8) is 0 Å². The van der Waals surface area contributed by atoms with Crippen molar-refractivity contribution >= 4 is 40.8 Å². The highest BCUT2D eigenvalue weighted by Crippen LogP contribution is 2.41. The first-order valence-electron chi connectivity index (χ1n) is 10.9. The Kier molecular flexibility index (Phi) is 5.67. The molecule has 3 N–H and O–H groups in total. The zero-order valence-corrected chi connectivity index (χ0v) is 19.5. The van der Waals surface area contributed by atoms with Crippen molar-refractivity contribution in [1.82, 2.24) is 4.57 Å². The van der Waals surface area contributed by atoms with Gasteiger partial charge in [-0.05, 0) is 47.0 Å². The van der Waals surface area contributed by atoms with Crippen molar-refractivity contribution in [2.24, 2.45) is 7.05 Å². The number of aromatic nitrogens is 1. The summed E-state index contributed by atoms with van der Waals surface area (Å²) < 4.78 is 1.80. The molecule has 1 aromatic heterocycles. The predicted octanol–water partition coefficient (Wildman–Crippen LogP) is 5.84. The number of carboxylic acid groups (broad SMARTS) is 1. The molecule has 0 unspecified atom stereocenters. The van der Waals surface area contributed by atoms with Gasteiger partial charge in [0.15, 0.2) is 0 Å². The molecule has 1 amide bonds. The average Bonchev–Trinajstić information content (AvgIpc) is 3.31. The Hall–Kier alpha value is -4.29. The molecule has 1 aliphatic rings. The van der Waals surface area contributed by atoms with Gasteiger partial charge < -0.3 is 20.1 Å². The molecule has 174 valence electrons. The molecule has 3 aromatic carbocycles. The van der Waals surface area contributed by atoms with Crippen molar-refractivity contribution in [3.05, 3.63) is 94.8 Å². The number of halogens is 1. The number of benzene rings is 3. The normalized spacial score (nSPS) is 13.7. The number of nitrogens with one attached hydrogen (secondary N) is 1. The van der Waals surface area contributed by atoms with Crippen LogP contribution >= 0.6 is 11.6 Å². The second-order valence-corrected chi connectivity index (χ2v) is 8.85. The Morgan fingerprint density at radius 1 is 1.00 bits per heavy atom. The number of hydrogen-bond donors (Lipinski definition) is 3. The van der Waals surface area contributed by atoms with Crippen molar-refractivity contribution in [3.8, 4) is 28.0 Å². The summed E-state index contributed by atoms with van der Waals surface area (Å²) in [6.07, 6.45) is 3.41. The number of amides is 1. The molecule has 0 spiro atoms. The van der Waals surface area contributed by atoms with E-state index in [1.54, 1.807) is 41.1 Å². The van der Waals surface area contributed by atoms with Gasteiger partial charge in [0.2, 0.25) is 0 Å². The number of para-hydroxylation sites is 1. The number of carboxylic acids is 1. The van der Waals surface area contributed by atoms with E-state index in [4.69, 9.17) is 16.7 Å². The zero-order chi connectivity index (χ0) is 24.7. The molecule has 0 saturated carbocycles. The van der Waals surface area contributed by atoms with Gasteiger partial charge in [-0.2, -0.15) is 0 Å². The molecule has 0 aliphatic carbocycles. The Bertz CT molecular complexity index is 1520. The van der Waals surface area contributed by atoms with Gasteiger partial charge >= 0.3 is 5.97 Å². The van der Waals surface area contributed by atoms with Crippen molar-refractivity contribution in [1.29, 1.82) is 0 Å². The first-order chi connectivity index (χ1) is 16.8. The summed E-state index contributed by atoms with van der Waals surface area (Å²) in [6.45, 7) is 0. The smallest absolute Gasteiger partial charge is 0.307 e. The Morgan fingerprint density at radius 3 is 2.37 bits per heavy atom. The standard InChI is InChI=1S/C28H21ClN2O4/c1-31-15-16(11-27(33)34)10-19(31)12-23-22-13-21(24(29)14-25(22)30-28(23)35)18-8-6-17(7-9-18)20-4-2-3-5-26(20)32/h2-10,12-15,32H,11H2,1H3,(H,30,35)(H,33,34)/b23-12-. The van der Waals surface area contributed by atoms with Crippen LogP contribution in [0.5, 0.6) is 5.75 Å². The first-order valence-corrected chi connectivity index (χ1v) is 11.3. The molecule has 7 heteroatoms. The fourth-order valence-corrected chi connectivity index (χ4v) is 4.61. The van der Waals surface area contributed by atoms with Crippen LogP contribution in [0.3, 0.4) is 0 Å². The van der Waals surface area contributed by atoms with Crippen LogP contribution in [-0.2, 0) is 23.1 Å². The molecule has 0 bridgehead atoms. The summed E-state index contributed by atoms with van der Waals surface area (Å²) >= 11 is 6.59. The lowest BCUT2D eigenvalue weighted by Gasteiger charge is -2.10. The number of aromatic hydroxyl groups is 1. The highest BCUT2D eigenvalue weighted by Gasteiger charge is 2.26. The molecular formula is C28H21ClN2O4. The summed E-state index contributed by atoms with van der Waals surface area (Å²) in [4.78, 5) is 23.8. The van der Waals surface area contributed by atoms with Crippen molar-refractivity contribution in [2.45, 2.75) is 6.42 Å². The highest BCUT2D eigenvalue weighted by atomic mass is 35.5. The van der Waals surface area contributed by atoms with Gasteiger partial charge in [-0.25, -0.2) is 0 Å². The van der Waals surface area contributed by atoms with Crippen LogP contribution in [0.4, 0.5) is 5.69 Å². The summed E-state index contributed by atoms with van der Waals surface area (Å²) in [6, 6.07) is 20.2. The number of fused-ring (bicyclic) bond motifs is 1. The van der Waals surface area contributed by atoms with Gasteiger partial charge in [0.1, 0.15) is 5.75 Å². The average molecular weight is 485 g/mol. The molecule has 0 atom stereocenters. The van der Waals surface area contributed by atoms with Crippen LogP contribution in [0.25, 0.3) is 33.9 Å². The lowest BCUT2D eigenvalue weighted by molar-refractivity contribution is -0.136. The molecule has 6 nitrogen and oxygen atoms in total. The van der Waals surface area contributed by atoms with Crippen LogP contribution in [0.1, 0.15) is 16.8 Å². The van der Waals surface area contributed by atoms with E-state index in [1.807, 2.05) is 49.5 Å². The van der Waals surface area contributed by atoms with Gasteiger partial charge in [0, 0.05) is 35.6 Å². The molecule has 0 fully saturated rings. The molecule has 2 heterocycles. The highest BCUT2D eigenvalue weighted by molar-refractivity contribution is 6.38. The second-order valence-electron chi connectivity index (χ2n) is 8.44. The number of phenolic OH excluding ortho intramolecular Hbond substituents is 1. The number of aliphatic carboxylic acids is 1. The van der Waals surface area contributed by atoms with Crippen LogP contribution in [-0.4, -0.2) is 26.7 Å². The minimum Gasteiger partial charge on any atom is -0.507 e. The summed E-state index contributed by atoms with van der Waals surface area (Å²) in [5.74, 6) is -0.946. The number of aryl methyl sites for hydroxylation is 1. The summed E-state index contributed by atoms with van der Waals surface area (Å²) in [7, 11) is 1.81. The topological polar surface area (TPSA) is 91.6 Å². The monoisotopic (exact) mass is 484 g/mol. The molecule has 4 aromatic rings. The second kappa shape index (κ2) is 8.81. The van der Waals surface area contributed by atoms with Crippen LogP contribution in [0.15, 0.2) is 72.9 Å². The zero-order valence-electron chi connectivity index (χ0n) is 18.7. The summed E-state index contributed by atoms with van der Waals surface area (Å²) in [5.41, 5.74) is 6.47. The Labute approximate surface area is 206 Å². The van der Waals surface area contributed by atoms with E-state index in [-0.39, 0.29) is 18.1 Å². The first kappa shape index (κ1) is 22.5. The number of phenols is 1. The third kappa shape index (κ3) is 4.32. The van der Waals surface area contributed by atoms with Crippen molar-refractivity contribution in [2.75, 3.05) is 5.32 Å². The third-order valence-corrected chi connectivity index (χ3v) is 6.36. The molecule has 1 aliphatic heterocycles. The SMILES string of the molecule is Cn1cc(CC(=O)O)cc1/C=C1\C(=O)Nc2cc(Cl)c(-c3ccc(-c4ccccc4O)cc3)cc21. The molecule has 35 heavy (non-hydrogen) atoms. The molecular weight excluding hydrogens is 464 g/mol. The number of rotatable bonds is 5. The summed E-state index contributed by atoms with van der Waals surface area (Å²) in [5, 5.41) is 22.6. The van der Waals surface area contributed by atoms with E-state index in [0.717, 1.165) is 33.5 Å². The van der Waals surface area contributed by atoms with Gasteiger partial charge in [0.25, 0.3) is 5.91 Å². The van der Waals surface area contributed by atoms with Crippen molar-refractivity contribution < 1.29 is 19.8 Å². The number of nitrogens with zero attached hydrogens (tertiary/aromatic N) is 1. The Balaban J connectivity index is 1.53. The van der Waals surface area contributed by atoms with E-state index < -0.39 is 5.97 Å². The number of hydrogen-bond acceptors (Lipinski definition) is 3. The van der Waals surface area contributed by atoms with E-state index in [9.17, 15) is 14.7 Å². The maximum atomic E-state index is 12.8. The molecule has 5 rings (SSSR count). The lowest BCUT2D eigenvalue weighted by atomic mass is 9.96. The Morgan fingerprint density at radius 2 is 1.69 bits per heavy atom. The largest absolute Gasteiger partial charge is 0.507 e. The van der Waals surface area contributed by atoms with Gasteiger partial charge in [-0.15, -0.1) is 0 Å². The maximum absolute atomic E-state index is 12.8. The van der Waals surface area contributed by atoms with Crippen LogP contribution in [0.2, 0.25) is 5.02 Å². The minimum atomic E-state index is -0.911. The predicted molar refractivity (Wildman–Crippen MR) is 137 cm³/mol. The van der Waals surface area contributed by atoms with E-state index in [0.29, 0.717) is 21.8 Å². The van der Waals surface area contributed by atoms with Gasteiger partial charge in [0.05, 0.1) is 22.7 Å². The maximum Gasteiger partial charge on any atom is 0.307 e. The number of carbonyl (C=O) groups excluding carboxylic acids is 1. The van der Waals surface area contributed by atoms with Crippen LogP contribution in [0, 0.1) is 0 Å². The van der Waals surface area contributed by atoms with E-state index in [1.165, 1.54) is 0 Å². The fraction of sp³-hybridized carbons (Fsp3) is 0.0714. The van der Waals surface area contributed by atoms with E-state index >= 15 is 0 Å². The number of anilines is 1. The molecule has 0 saturated heterocycles. The van der Waals surface area contributed by atoms with Crippen LogP contribution < -0.4 is 5.32 Å².